The molecule has 3 aromatic rings. The first-order chi connectivity index (χ1) is 13.2. The summed E-state index contributed by atoms with van der Waals surface area (Å²) >= 11 is 6.50. The van der Waals surface area contributed by atoms with E-state index in [4.69, 9.17) is 4.42 Å². The Morgan fingerprint density at radius 1 is 1.33 bits per heavy atom. The van der Waals surface area contributed by atoms with Gasteiger partial charge in [0.25, 0.3) is 5.22 Å². The molecule has 5 nitrogen and oxygen atoms in total. The molecular formula is C19H18BrN3O2S2. The largest absolute Gasteiger partial charge is 0.411 e. The number of halogens is 1. The molecule has 1 atom stereocenters. The summed E-state index contributed by atoms with van der Waals surface area (Å²) in [6, 6.07) is 10.0. The third kappa shape index (κ3) is 3.97. The Kier molecular flexibility index (Phi) is 5.66. The number of thiophene rings is 1. The number of hydrogen-bond donors (Lipinski definition) is 0. The quantitative estimate of drug-likeness (QED) is 0.487. The SMILES string of the molecule is CCC1c2ccsc2CCN1C(=O)CSc1nnc(-c2ccc(Br)cc2)o1. The maximum atomic E-state index is 12.8. The lowest BCUT2D eigenvalue weighted by Gasteiger charge is -2.35. The van der Waals surface area contributed by atoms with E-state index in [-0.39, 0.29) is 11.9 Å². The zero-order valence-corrected chi connectivity index (χ0v) is 17.9. The standard InChI is InChI=1S/C19H18BrN3O2S2/c1-2-15-14-8-10-26-16(14)7-9-23(15)17(24)11-27-19-22-21-18(25-19)12-3-5-13(20)6-4-12/h3-6,8,10,15H,2,7,9,11H2,1H3. The fourth-order valence-electron chi connectivity index (χ4n) is 3.32. The summed E-state index contributed by atoms with van der Waals surface area (Å²) in [5.74, 6) is 0.884. The molecule has 1 amide bonds. The molecule has 3 heterocycles. The van der Waals surface area contributed by atoms with E-state index < -0.39 is 0 Å². The Morgan fingerprint density at radius 3 is 2.93 bits per heavy atom. The maximum Gasteiger partial charge on any atom is 0.277 e. The van der Waals surface area contributed by atoms with Crippen LogP contribution in [0.1, 0.15) is 29.8 Å². The van der Waals surface area contributed by atoms with E-state index in [0.29, 0.717) is 16.9 Å². The Morgan fingerprint density at radius 2 is 2.15 bits per heavy atom. The van der Waals surface area contributed by atoms with Crippen molar-refractivity contribution in [2.45, 2.75) is 31.0 Å². The van der Waals surface area contributed by atoms with Gasteiger partial charge in [-0.25, -0.2) is 0 Å². The van der Waals surface area contributed by atoms with Gasteiger partial charge in [0, 0.05) is 21.5 Å². The van der Waals surface area contributed by atoms with Crippen molar-refractivity contribution >= 4 is 44.9 Å². The van der Waals surface area contributed by atoms with Crippen LogP contribution in [0.2, 0.25) is 0 Å². The smallest absolute Gasteiger partial charge is 0.277 e. The number of benzene rings is 1. The summed E-state index contributed by atoms with van der Waals surface area (Å²) < 4.78 is 6.69. The van der Waals surface area contributed by atoms with Crippen LogP contribution < -0.4 is 0 Å². The molecule has 0 fully saturated rings. The van der Waals surface area contributed by atoms with Crippen molar-refractivity contribution in [2.75, 3.05) is 12.3 Å². The lowest BCUT2D eigenvalue weighted by molar-refractivity contribution is -0.131. The zero-order valence-electron chi connectivity index (χ0n) is 14.7. The van der Waals surface area contributed by atoms with Crippen molar-refractivity contribution in [3.05, 3.63) is 50.6 Å². The molecule has 1 aliphatic rings. The Bertz CT molecular complexity index is 939. The van der Waals surface area contributed by atoms with Gasteiger partial charge >= 0.3 is 0 Å². The zero-order chi connectivity index (χ0) is 18.8. The Balaban J connectivity index is 1.40. The molecule has 0 saturated heterocycles. The summed E-state index contributed by atoms with van der Waals surface area (Å²) in [6.07, 6.45) is 1.86. The average molecular weight is 464 g/mol. The molecule has 4 rings (SSSR count). The van der Waals surface area contributed by atoms with Crippen LogP contribution in [0.4, 0.5) is 0 Å². The van der Waals surface area contributed by atoms with Crippen LogP contribution in [0.3, 0.4) is 0 Å². The number of fused-ring (bicyclic) bond motifs is 1. The number of nitrogens with zero attached hydrogens (tertiary/aromatic N) is 3. The predicted octanol–water partition coefficient (Wildman–Crippen LogP) is 5.19. The Hall–Kier alpha value is -1.64. The van der Waals surface area contributed by atoms with Crippen molar-refractivity contribution < 1.29 is 9.21 Å². The molecule has 0 aliphatic carbocycles. The number of thioether (sulfide) groups is 1. The van der Waals surface area contributed by atoms with E-state index in [1.807, 2.05) is 29.2 Å². The minimum Gasteiger partial charge on any atom is -0.411 e. The molecule has 0 bridgehead atoms. The molecule has 27 heavy (non-hydrogen) atoms. The van der Waals surface area contributed by atoms with Crippen LogP contribution in [0, 0.1) is 0 Å². The average Bonchev–Trinajstić information content (AvgIpc) is 3.35. The maximum absolute atomic E-state index is 12.8. The number of hydrogen-bond acceptors (Lipinski definition) is 6. The van der Waals surface area contributed by atoms with Crippen molar-refractivity contribution in [3.8, 4) is 11.5 Å². The third-order valence-corrected chi connectivity index (χ3v) is 6.95. The van der Waals surface area contributed by atoms with Crippen LogP contribution in [0.5, 0.6) is 0 Å². The van der Waals surface area contributed by atoms with Crippen LogP contribution in [0.25, 0.3) is 11.5 Å². The van der Waals surface area contributed by atoms with Gasteiger partial charge in [-0.05, 0) is 54.1 Å². The fraction of sp³-hybridized carbons (Fsp3) is 0.316. The van der Waals surface area contributed by atoms with Crippen LogP contribution in [0.15, 0.2) is 49.8 Å². The number of amides is 1. The van der Waals surface area contributed by atoms with Crippen molar-refractivity contribution in [2.24, 2.45) is 0 Å². The van der Waals surface area contributed by atoms with E-state index in [2.05, 4.69) is 44.5 Å². The van der Waals surface area contributed by atoms with E-state index in [1.54, 1.807) is 11.3 Å². The first-order valence-electron chi connectivity index (χ1n) is 8.73. The first-order valence-corrected chi connectivity index (χ1v) is 11.4. The van der Waals surface area contributed by atoms with E-state index >= 15 is 0 Å². The second-order valence-corrected chi connectivity index (χ2v) is 9.07. The first kappa shape index (κ1) is 18.7. The third-order valence-electron chi connectivity index (χ3n) is 4.62. The van der Waals surface area contributed by atoms with Gasteiger partial charge in [0.2, 0.25) is 11.8 Å². The summed E-state index contributed by atoms with van der Waals surface area (Å²) in [4.78, 5) is 16.2. The lowest BCUT2D eigenvalue weighted by atomic mass is 9.98. The topological polar surface area (TPSA) is 59.2 Å². The minimum absolute atomic E-state index is 0.118. The molecule has 2 aromatic heterocycles. The molecule has 1 unspecified atom stereocenters. The van der Waals surface area contributed by atoms with E-state index in [0.717, 1.165) is 29.4 Å². The van der Waals surface area contributed by atoms with Gasteiger partial charge < -0.3 is 9.32 Å². The summed E-state index contributed by atoms with van der Waals surface area (Å²) in [5, 5.41) is 10.7. The van der Waals surface area contributed by atoms with Crippen LogP contribution >= 0.6 is 39.0 Å². The summed E-state index contributed by atoms with van der Waals surface area (Å²) in [6.45, 7) is 2.91. The molecule has 1 aliphatic heterocycles. The molecule has 0 spiro atoms. The Labute approximate surface area is 174 Å². The van der Waals surface area contributed by atoms with Gasteiger partial charge in [-0.2, -0.15) is 0 Å². The molecule has 140 valence electrons. The second kappa shape index (κ2) is 8.16. The number of rotatable bonds is 5. The lowest BCUT2D eigenvalue weighted by Crippen LogP contribution is -2.40. The van der Waals surface area contributed by atoms with Gasteiger partial charge in [0.1, 0.15) is 0 Å². The second-order valence-electron chi connectivity index (χ2n) is 6.23. The molecule has 1 aromatic carbocycles. The molecule has 0 saturated carbocycles. The van der Waals surface area contributed by atoms with Gasteiger partial charge in [0.05, 0.1) is 11.8 Å². The van der Waals surface area contributed by atoms with Crippen molar-refractivity contribution in [1.82, 2.24) is 15.1 Å². The minimum atomic E-state index is 0.118. The monoisotopic (exact) mass is 463 g/mol. The number of carbonyl (C=O) groups excluding carboxylic acids is 1. The summed E-state index contributed by atoms with van der Waals surface area (Å²) in [7, 11) is 0. The van der Waals surface area contributed by atoms with Gasteiger partial charge in [-0.15, -0.1) is 21.5 Å². The van der Waals surface area contributed by atoms with Crippen LogP contribution in [-0.2, 0) is 11.2 Å². The predicted molar refractivity (Wildman–Crippen MR) is 111 cm³/mol. The highest BCUT2D eigenvalue weighted by Crippen LogP contribution is 2.35. The molecular weight excluding hydrogens is 446 g/mol. The highest BCUT2D eigenvalue weighted by atomic mass is 79.9. The number of carbonyl (C=O) groups is 1. The highest BCUT2D eigenvalue weighted by molar-refractivity contribution is 9.10. The summed E-state index contributed by atoms with van der Waals surface area (Å²) in [5.41, 5.74) is 2.17. The van der Waals surface area contributed by atoms with Crippen molar-refractivity contribution in [1.29, 1.82) is 0 Å². The van der Waals surface area contributed by atoms with Crippen LogP contribution in [-0.4, -0.2) is 33.3 Å². The van der Waals surface area contributed by atoms with E-state index in [1.165, 1.54) is 22.2 Å². The normalized spacial score (nSPS) is 16.4. The van der Waals surface area contributed by atoms with Gasteiger partial charge in [-0.1, -0.05) is 34.6 Å². The van der Waals surface area contributed by atoms with Gasteiger partial charge in [0.15, 0.2) is 0 Å². The highest BCUT2D eigenvalue weighted by Gasteiger charge is 2.30. The fourth-order valence-corrected chi connectivity index (χ4v) is 5.16. The van der Waals surface area contributed by atoms with E-state index in [9.17, 15) is 4.79 Å². The molecule has 0 radical (unpaired) electrons. The van der Waals surface area contributed by atoms with Gasteiger partial charge in [-0.3, -0.25) is 4.79 Å². The molecule has 0 N–H and O–H groups in total. The number of aromatic nitrogens is 2. The van der Waals surface area contributed by atoms with Crippen molar-refractivity contribution in [3.63, 3.8) is 0 Å². The molecule has 8 heteroatoms.